The van der Waals surface area contributed by atoms with Gasteiger partial charge in [-0.05, 0) is 24.6 Å². The third kappa shape index (κ3) is 2.51. The van der Waals surface area contributed by atoms with Crippen molar-refractivity contribution in [3.63, 3.8) is 0 Å². The van der Waals surface area contributed by atoms with E-state index < -0.39 is 11.6 Å². The molecule has 110 valence electrons. The van der Waals surface area contributed by atoms with Crippen molar-refractivity contribution in [2.24, 2.45) is 0 Å². The van der Waals surface area contributed by atoms with Gasteiger partial charge in [-0.2, -0.15) is 0 Å². The normalized spacial score (nSPS) is 10.8. The van der Waals surface area contributed by atoms with Crippen molar-refractivity contribution in [1.82, 2.24) is 0 Å². The van der Waals surface area contributed by atoms with Gasteiger partial charge >= 0.3 is 11.6 Å². The van der Waals surface area contributed by atoms with E-state index in [0.29, 0.717) is 11.1 Å². The molecule has 0 radical (unpaired) electrons. The first-order valence-corrected chi connectivity index (χ1v) is 6.90. The molecule has 1 N–H and O–H groups in total. The monoisotopic (exact) mass is 294 g/mol. The summed E-state index contributed by atoms with van der Waals surface area (Å²) in [7, 11) is 0. The maximum atomic E-state index is 12.2. The number of aryl methyl sites for hydroxylation is 1. The Balaban J connectivity index is 2.44. The van der Waals surface area contributed by atoms with Crippen LogP contribution in [-0.4, -0.2) is 11.1 Å². The Kier molecular flexibility index (Phi) is 3.51. The van der Waals surface area contributed by atoms with Crippen molar-refractivity contribution in [3.05, 3.63) is 70.1 Å². The summed E-state index contributed by atoms with van der Waals surface area (Å²) < 4.78 is 5.29. The van der Waals surface area contributed by atoms with E-state index in [4.69, 9.17) is 9.52 Å². The second-order valence-electron chi connectivity index (χ2n) is 5.18. The molecule has 0 saturated carbocycles. The van der Waals surface area contributed by atoms with E-state index in [0.717, 1.165) is 16.5 Å². The molecule has 4 nitrogen and oxygen atoms in total. The summed E-state index contributed by atoms with van der Waals surface area (Å²) in [5, 5.41) is 9.86. The molecular formula is C18H14O4. The molecule has 0 atom stereocenters. The Morgan fingerprint density at radius 2 is 1.86 bits per heavy atom. The van der Waals surface area contributed by atoms with Gasteiger partial charge in [0, 0.05) is 10.9 Å². The molecule has 0 aliphatic carbocycles. The van der Waals surface area contributed by atoms with Crippen molar-refractivity contribution in [1.29, 1.82) is 0 Å². The quantitative estimate of drug-likeness (QED) is 0.752. The minimum atomic E-state index is -1.06. The maximum Gasteiger partial charge on any atom is 0.340 e. The van der Waals surface area contributed by atoms with Crippen LogP contribution in [0.1, 0.15) is 11.1 Å². The van der Waals surface area contributed by atoms with Crippen molar-refractivity contribution < 1.29 is 14.3 Å². The SMILES string of the molecule is Cc1ccc2oc(=O)c(CC(=O)O)c(-c3ccccc3)c2c1. The lowest BCUT2D eigenvalue weighted by atomic mass is 9.95. The summed E-state index contributed by atoms with van der Waals surface area (Å²) in [6, 6.07) is 14.8. The fraction of sp³-hybridized carbons (Fsp3) is 0.111. The van der Waals surface area contributed by atoms with Crippen molar-refractivity contribution in [2.75, 3.05) is 0 Å². The number of carboxylic acid groups (broad SMARTS) is 1. The Labute approximate surface area is 126 Å². The van der Waals surface area contributed by atoms with Crippen LogP contribution in [0.25, 0.3) is 22.1 Å². The summed E-state index contributed by atoms with van der Waals surface area (Å²) in [6.07, 6.45) is -0.365. The van der Waals surface area contributed by atoms with Gasteiger partial charge in [-0.1, -0.05) is 42.0 Å². The second-order valence-corrected chi connectivity index (χ2v) is 5.18. The molecular weight excluding hydrogens is 280 g/mol. The molecule has 0 aliphatic heterocycles. The first-order valence-electron chi connectivity index (χ1n) is 6.90. The van der Waals surface area contributed by atoms with Crippen molar-refractivity contribution >= 4 is 16.9 Å². The summed E-state index contributed by atoms with van der Waals surface area (Å²) in [6.45, 7) is 1.94. The molecule has 2 aromatic carbocycles. The molecule has 1 aromatic heterocycles. The third-order valence-electron chi connectivity index (χ3n) is 3.55. The van der Waals surface area contributed by atoms with Crippen LogP contribution < -0.4 is 5.63 Å². The Morgan fingerprint density at radius 3 is 2.55 bits per heavy atom. The average molecular weight is 294 g/mol. The van der Waals surface area contributed by atoms with Gasteiger partial charge < -0.3 is 9.52 Å². The highest BCUT2D eigenvalue weighted by atomic mass is 16.4. The Hall–Kier alpha value is -2.88. The summed E-state index contributed by atoms with van der Waals surface area (Å²) in [5.74, 6) is -1.06. The lowest BCUT2D eigenvalue weighted by Crippen LogP contribution is -2.14. The lowest BCUT2D eigenvalue weighted by molar-refractivity contribution is -0.136. The number of hydrogen-bond donors (Lipinski definition) is 1. The molecule has 22 heavy (non-hydrogen) atoms. The van der Waals surface area contributed by atoms with Gasteiger partial charge in [0.25, 0.3) is 0 Å². The van der Waals surface area contributed by atoms with Crippen molar-refractivity contribution in [3.8, 4) is 11.1 Å². The molecule has 4 heteroatoms. The number of hydrogen-bond acceptors (Lipinski definition) is 3. The highest BCUT2D eigenvalue weighted by Gasteiger charge is 2.18. The Bertz CT molecular complexity index is 908. The van der Waals surface area contributed by atoms with Gasteiger partial charge in [-0.25, -0.2) is 4.79 Å². The zero-order valence-electron chi connectivity index (χ0n) is 12.0. The van der Waals surface area contributed by atoms with Gasteiger partial charge in [-0.3, -0.25) is 4.79 Å². The zero-order valence-corrected chi connectivity index (χ0v) is 12.0. The van der Waals surface area contributed by atoms with E-state index in [1.54, 1.807) is 6.07 Å². The van der Waals surface area contributed by atoms with E-state index in [9.17, 15) is 9.59 Å². The molecule has 0 aliphatic rings. The first kappa shape index (κ1) is 14.1. The van der Waals surface area contributed by atoms with Crippen LogP contribution >= 0.6 is 0 Å². The number of rotatable bonds is 3. The summed E-state index contributed by atoms with van der Waals surface area (Å²) >= 11 is 0. The van der Waals surface area contributed by atoms with Crippen LogP contribution in [0, 0.1) is 6.92 Å². The zero-order chi connectivity index (χ0) is 15.7. The van der Waals surface area contributed by atoms with Crippen LogP contribution in [0.2, 0.25) is 0 Å². The third-order valence-corrected chi connectivity index (χ3v) is 3.55. The van der Waals surface area contributed by atoms with Gasteiger partial charge in [0.05, 0.1) is 12.0 Å². The van der Waals surface area contributed by atoms with Crippen LogP contribution in [0.5, 0.6) is 0 Å². The molecule has 3 aromatic rings. The molecule has 0 spiro atoms. The molecule has 0 unspecified atom stereocenters. The first-order chi connectivity index (χ1) is 10.6. The van der Waals surface area contributed by atoms with Gasteiger partial charge in [0.2, 0.25) is 0 Å². The largest absolute Gasteiger partial charge is 0.481 e. The van der Waals surface area contributed by atoms with Crippen LogP contribution in [-0.2, 0) is 11.2 Å². The number of aliphatic carboxylic acids is 1. The van der Waals surface area contributed by atoms with E-state index in [2.05, 4.69) is 0 Å². The van der Waals surface area contributed by atoms with Crippen LogP contribution in [0.3, 0.4) is 0 Å². The fourth-order valence-electron chi connectivity index (χ4n) is 2.60. The average Bonchev–Trinajstić information content (AvgIpc) is 2.49. The predicted octanol–water partition coefficient (Wildman–Crippen LogP) is 3.40. The smallest absolute Gasteiger partial charge is 0.340 e. The lowest BCUT2D eigenvalue weighted by Gasteiger charge is -2.11. The maximum absolute atomic E-state index is 12.2. The standard InChI is InChI=1S/C18H14O4/c1-11-7-8-15-13(9-11)17(12-5-3-2-4-6-12)14(10-16(19)20)18(21)22-15/h2-9H,10H2,1H3,(H,19,20). The topological polar surface area (TPSA) is 67.5 Å². The molecule has 3 rings (SSSR count). The van der Waals surface area contributed by atoms with Gasteiger partial charge in [0.15, 0.2) is 0 Å². The minimum Gasteiger partial charge on any atom is -0.481 e. The van der Waals surface area contributed by atoms with Gasteiger partial charge in [0.1, 0.15) is 5.58 Å². The summed E-state index contributed by atoms with van der Waals surface area (Å²) in [4.78, 5) is 23.3. The molecule has 0 bridgehead atoms. The predicted molar refractivity (Wildman–Crippen MR) is 84.0 cm³/mol. The van der Waals surface area contributed by atoms with E-state index in [1.165, 1.54) is 0 Å². The summed E-state index contributed by atoms with van der Waals surface area (Å²) in [5.41, 5.74) is 2.50. The highest BCUT2D eigenvalue weighted by molar-refractivity contribution is 5.96. The highest BCUT2D eigenvalue weighted by Crippen LogP contribution is 2.31. The molecule has 0 amide bonds. The number of fused-ring (bicyclic) bond motifs is 1. The fourth-order valence-corrected chi connectivity index (χ4v) is 2.60. The molecule has 0 fully saturated rings. The Morgan fingerprint density at radius 1 is 1.14 bits per heavy atom. The van der Waals surface area contributed by atoms with Crippen molar-refractivity contribution in [2.45, 2.75) is 13.3 Å². The van der Waals surface area contributed by atoms with Gasteiger partial charge in [-0.15, -0.1) is 0 Å². The molecule has 0 saturated heterocycles. The van der Waals surface area contributed by atoms with E-state index in [-0.39, 0.29) is 12.0 Å². The molecule has 1 heterocycles. The van der Waals surface area contributed by atoms with Crippen LogP contribution in [0.15, 0.2) is 57.7 Å². The number of benzene rings is 2. The van der Waals surface area contributed by atoms with Crippen LogP contribution in [0.4, 0.5) is 0 Å². The van der Waals surface area contributed by atoms with E-state index in [1.807, 2.05) is 49.4 Å². The second kappa shape index (κ2) is 5.48. The van der Waals surface area contributed by atoms with E-state index >= 15 is 0 Å². The minimum absolute atomic E-state index is 0.178. The number of carbonyl (C=O) groups is 1. The number of carboxylic acids is 1.